The van der Waals surface area contributed by atoms with E-state index in [-0.39, 0.29) is 10.8 Å². The van der Waals surface area contributed by atoms with E-state index >= 15 is 0 Å². The summed E-state index contributed by atoms with van der Waals surface area (Å²) in [5.41, 5.74) is 18.6. The molecule has 0 unspecified atom stereocenters. The van der Waals surface area contributed by atoms with E-state index in [4.69, 9.17) is 0 Å². The highest BCUT2D eigenvalue weighted by Crippen LogP contribution is 2.50. The molecule has 1 nitrogen and oxygen atoms in total. The van der Waals surface area contributed by atoms with E-state index in [9.17, 15) is 0 Å². The van der Waals surface area contributed by atoms with Gasteiger partial charge in [0.1, 0.15) is 0 Å². The van der Waals surface area contributed by atoms with Crippen LogP contribution in [0, 0.1) is 12.3 Å². The Bertz CT molecular complexity index is 2760. The molecule has 332 valence electrons. The standard InChI is InChI=1S/C45H45N.C12H14.C3H4.2C2H4/c1-8-15-31(16-9-2)30(3)32-20-22-34(23-21-32)35-25-38-39-26-36(33-17-11-10-12-18-33)28-41-43(39)46-29-37(45(41,6)7)19-13-14-24-44(4,5)40(27-35)42(38)46;1-3-11(4-2)10-12-8-6-5-7-9-12;1-3-2;2*1-2/h8-14,16-23,25-28H,1,15,24,29H2,2-7H3;3-9H,1,10H2,2H3;1H,2H3;2*1-2H2/b14-13-,16-9-,31-30-,37-19+;11-4+;;;. The summed E-state index contributed by atoms with van der Waals surface area (Å²) in [6, 6.07) is 40.4. The van der Waals surface area contributed by atoms with Crippen molar-refractivity contribution >= 4 is 27.4 Å². The van der Waals surface area contributed by atoms with Gasteiger partial charge in [-0.2, -0.15) is 0 Å². The average Bonchev–Trinajstić information content (AvgIpc) is 3.65. The van der Waals surface area contributed by atoms with Crippen molar-refractivity contribution in [3.63, 3.8) is 0 Å². The van der Waals surface area contributed by atoms with Gasteiger partial charge in [0, 0.05) is 22.7 Å². The number of benzene rings is 5. The normalized spacial score (nSPS) is 15.7. The summed E-state index contributed by atoms with van der Waals surface area (Å²) in [5, 5.41) is 2.72. The van der Waals surface area contributed by atoms with Gasteiger partial charge in [0.25, 0.3) is 0 Å². The first kappa shape index (κ1) is 50.8. The monoisotopic (exact) mass is 854 g/mol. The fraction of sp³-hybridized carbons (Fsp3) is 0.219. The Hall–Kier alpha value is -6.88. The van der Waals surface area contributed by atoms with Gasteiger partial charge in [0.2, 0.25) is 0 Å². The van der Waals surface area contributed by atoms with Crippen molar-refractivity contribution in [1.82, 2.24) is 4.57 Å². The van der Waals surface area contributed by atoms with Crippen molar-refractivity contribution in [2.24, 2.45) is 0 Å². The SMILES string of the molecule is C#CC.C=C.C=C.C=C/C(=C\C)Cc1ccccc1.C=CCC(/C=C\C)=C(\C)c1ccc(-c2cc3c4c(c2)c2cc(-c5ccccc5)cc5c2n4C/C(=C\C=C/CC3(C)C)C5(C)C)cc1. The van der Waals surface area contributed by atoms with E-state index in [0.29, 0.717) is 0 Å². The zero-order chi connectivity index (χ0) is 47.7. The summed E-state index contributed by atoms with van der Waals surface area (Å²) in [6.07, 6.45) is 24.8. The van der Waals surface area contributed by atoms with Gasteiger partial charge in [-0.1, -0.05) is 168 Å². The lowest BCUT2D eigenvalue weighted by atomic mass is 9.73. The summed E-state index contributed by atoms with van der Waals surface area (Å²) >= 11 is 0. The van der Waals surface area contributed by atoms with Gasteiger partial charge in [0.15, 0.2) is 0 Å². The maximum absolute atomic E-state index is 4.60. The van der Waals surface area contributed by atoms with Crippen molar-refractivity contribution in [3.05, 3.63) is 236 Å². The molecule has 0 saturated heterocycles. The summed E-state index contributed by atoms with van der Waals surface area (Å²) < 4.78 is 2.64. The Labute approximate surface area is 393 Å². The van der Waals surface area contributed by atoms with Gasteiger partial charge >= 0.3 is 0 Å². The molecule has 2 bridgehead atoms. The number of nitrogens with zero attached hydrogens (tertiary/aromatic N) is 1. The van der Waals surface area contributed by atoms with Gasteiger partial charge in [-0.15, -0.1) is 45.2 Å². The first-order chi connectivity index (χ1) is 31.4. The molecule has 0 atom stereocenters. The summed E-state index contributed by atoms with van der Waals surface area (Å²) in [6.45, 7) is 38.3. The second-order valence-corrected chi connectivity index (χ2v) is 17.4. The highest BCUT2D eigenvalue weighted by Gasteiger charge is 2.37. The number of aromatic nitrogens is 1. The molecule has 1 heteroatoms. The molecule has 65 heavy (non-hydrogen) atoms. The maximum atomic E-state index is 4.60. The lowest BCUT2D eigenvalue weighted by molar-refractivity contribution is 0.527. The van der Waals surface area contributed by atoms with Crippen molar-refractivity contribution in [2.75, 3.05) is 0 Å². The Kier molecular flexibility index (Phi) is 18.5. The van der Waals surface area contributed by atoms with Crippen molar-refractivity contribution in [3.8, 4) is 34.6 Å². The van der Waals surface area contributed by atoms with Crippen molar-refractivity contribution < 1.29 is 0 Å². The second-order valence-electron chi connectivity index (χ2n) is 17.4. The van der Waals surface area contributed by atoms with E-state index < -0.39 is 0 Å². The van der Waals surface area contributed by atoms with Crippen LogP contribution in [0.5, 0.6) is 0 Å². The van der Waals surface area contributed by atoms with Crippen LogP contribution in [0.3, 0.4) is 0 Å². The highest BCUT2D eigenvalue weighted by atomic mass is 15.0. The minimum Gasteiger partial charge on any atom is -0.336 e. The lowest BCUT2D eigenvalue weighted by Gasteiger charge is -2.36. The molecule has 5 aromatic carbocycles. The van der Waals surface area contributed by atoms with Gasteiger partial charge in [-0.3, -0.25) is 0 Å². The predicted octanol–water partition coefficient (Wildman–Crippen LogP) is 18.1. The van der Waals surface area contributed by atoms with Gasteiger partial charge < -0.3 is 4.57 Å². The van der Waals surface area contributed by atoms with Crippen molar-refractivity contribution in [1.29, 1.82) is 0 Å². The molecular formula is C64H71N. The van der Waals surface area contributed by atoms with Gasteiger partial charge in [-0.25, -0.2) is 0 Å². The molecule has 1 aromatic heterocycles. The van der Waals surface area contributed by atoms with Crippen LogP contribution in [0.2, 0.25) is 0 Å². The third-order valence-corrected chi connectivity index (χ3v) is 12.5. The molecule has 0 radical (unpaired) electrons. The van der Waals surface area contributed by atoms with E-state index in [2.05, 4.69) is 238 Å². The predicted molar refractivity (Wildman–Crippen MR) is 292 cm³/mol. The summed E-state index contributed by atoms with van der Waals surface area (Å²) in [7, 11) is 0. The average molecular weight is 854 g/mol. The molecule has 3 heterocycles. The lowest BCUT2D eigenvalue weighted by Crippen LogP contribution is -2.29. The summed E-state index contributed by atoms with van der Waals surface area (Å²) in [5.74, 6) is 2.25. The van der Waals surface area contributed by atoms with Crippen LogP contribution in [-0.4, -0.2) is 4.57 Å². The van der Waals surface area contributed by atoms with Crippen molar-refractivity contribution in [2.45, 2.75) is 92.0 Å². The summed E-state index contributed by atoms with van der Waals surface area (Å²) in [4.78, 5) is 0. The van der Waals surface area contributed by atoms with Crippen LogP contribution in [0.4, 0.5) is 0 Å². The third kappa shape index (κ3) is 11.4. The molecule has 0 spiro atoms. The van der Waals surface area contributed by atoms with Crippen LogP contribution in [0.1, 0.15) is 90.5 Å². The largest absolute Gasteiger partial charge is 0.336 e. The first-order valence-corrected chi connectivity index (χ1v) is 22.7. The maximum Gasteiger partial charge on any atom is 0.0536 e. The molecule has 8 rings (SSSR count). The molecular weight excluding hydrogens is 783 g/mol. The van der Waals surface area contributed by atoms with E-state index in [1.54, 1.807) is 6.92 Å². The number of terminal acetylenes is 1. The minimum atomic E-state index is -0.0753. The Balaban J connectivity index is 0.000000412. The quantitative estimate of drug-likeness (QED) is 0.0776. The fourth-order valence-electron chi connectivity index (χ4n) is 8.87. The minimum absolute atomic E-state index is 0.0370. The Morgan fingerprint density at radius 2 is 1.28 bits per heavy atom. The van der Waals surface area contributed by atoms with E-state index in [0.717, 1.165) is 25.8 Å². The molecule has 6 aromatic rings. The van der Waals surface area contributed by atoms with Crippen LogP contribution in [-0.2, 0) is 23.8 Å². The van der Waals surface area contributed by atoms with E-state index in [1.165, 1.54) is 88.6 Å². The number of fused-ring (bicyclic) bond motifs is 2. The van der Waals surface area contributed by atoms with Crippen LogP contribution in [0.25, 0.3) is 49.6 Å². The Morgan fingerprint density at radius 1 is 0.738 bits per heavy atom. The first-order valence-electron chi connectivity index (χ1n) is 22.7. The molecule has 0 N–H and O–H groups in total. The molecule has 0 aliphatic carbocycles. The second kappa shape index (κ2) is 23.7. The molecule has 0 fully saturated rings. The fourth-order valence-corrected chi connectivity index (χ4v) is 8.87. The van der Waals surface area contributed by atoms with Crippen LogP contribution >= 0.6 is 0 Å². The van der Waals surface area contributed by atoms with Crippen LogP contribution < -0.4 is 0 Å². The Morgan fingerprint density at radius 3 is 1.82 bits per heavy atom. The number of hydrogen-bond donors (Lipinski definition) is 0. The molecule has 0 amide bonds. The van der Waals surface area contributed by atoms with Gasteiger partial charge in [-0.05, 0) is 143 Å². The zero-order valence-corrected chi connectivity index (χ0v) is 40.6. The molecule has 2 aliphatic rings. The zero-order valence-electron chi connectivity index (χ0n) is 40.6. The number of allylic oxidation sites excluding steroid dienone is 12. The smallest absolute Gasteiger partial charge is 0.0536 e. The molecule has 2 aliphatic heterocycles. The van der Waals surface area contributed by atoms with Crippen LogP contribution in [0.15, 0.2) is 214 Å². The number of hydrogen-bond acceptors (Lipinski definition) is 0. The molecule has 0 saturated carbocycles. The highest BCUT2D eigenvalue weighted by molar-refractivity contribution is 6.13. The topological polar surface area (TPSA) is 4.93 Å². The van der Waals surface area contributed by atoms with E-state index in [1.807, 2.05) is 25.1 Å². The third-order valence-electron chi connectivity index (χ3n) is 12.5. The van der Waals surface area contributed by atoms with Gasteiger partial charge in [0.05, 0.1) is 11.0 Å². The number of rotatable bonds is 9.